The van der Waals surface area contributed by atoms with Crippen LogP contribution in [-0.4, -0.2) is 19.6 Å². The third-order valence-corrected chi connectivity index (χ3v) is 1.91. The van der Waals surface area contributed by atoms with E-state index in [1.165, 1.54) is 0 Å². The summed E-state index contributed by atoms with van der Waals surface area (Å²) >= 11 is 0. The van der Waals surface area contributed by atoms with Gasteiger partial charge in [-0.1, -0.05) is 0 Å². The topological polar surface area (TPSA) is 124 Å². The van der Waals surface area contributed by atoms with E-state index in [-0.39, 0.29) is 0 Å². The summed E-state index contributed by atoms with van der Waals surface area (Å²) < 4.78 is 22.2. The number of hydrogen-bond donors (Lipinski definition) is 4. The summed E-state index contributed by atoms with van der Waals surface area (Å²) in [7, 11) is -10.1. The van der Waals surface area contributed by atoms with Gasteiger partial charge in [0.1, 0.15) is 0 Å². The highest BCUT2D eigenvalue weighted by Gasteiger charge is 2.27. The van der Waals surface area contributed by atoms with Crippen molar-refractivity contribution in [1.82, 2.24) is 0 Å². The molecular formula is H4O7P2. The molecule has 0 amide bonds. The summed E-state index contributed by atoms with van der Waals surface area (Å²) in [5, 5.41) is 0. The molecule has 4 N–H and O–H groups in total. The lowest BCUT2D eigenvalue weighted by Crippen LogP contribution is -1.84. The minimum atomic E-state index is -5.05. The van der Waals surface area contributed by atoms with Gasteiger partial charge in [-0.2, -0.15) is 4.31 Å². The van der Waals surface area contributed by atoms with Crippen LogP contribution < -0.4 is 0 Å². The van der Waals surface area contributed by atoms with E-state index >= 15 is 0 Å². The van der Waals surface area contributed by atoms with Gasteiger partial charge >= 0.3 is 15.6 Å². The Kier molecular flexibility index (Phi) is 2.55. The van der Waals surface area contributed by atoms with Crippen LogP contribution in [0.25, 0.3) is 0 Å². The molecule has 0 saturated carbocycles. The van der Waals surface area contributed by atoms with Crippen molar-refractivity contribution in [3.05, 3.63) is 0 Å². The lowest BCUT2D eigenvalue weighted by atomic mass is 15.7. The summed E-state index contributed by atoms with van der Waals surface area (Å²) in [4.78, 5) is 31.0. The first-order valence-electron chi connectivity index (χ1n) is 1.53. The lowest BCUT2D eigenvalue weighted by Gasteiger charge is -2.03. The van der Waals surface area contributed by atoms with Gasteiger partial charge < -0.3 is 19.6 Å². The molecule has 0 spiro atoms. The van der Waals surface area contributed by atoms with E-state index in [2.05, 4.69) is 4.31 Å². The van der Waals surface area contributed by atoms with Crippen molar-refractivity contribution in [2.75, 3.05) is 0 Å². The van der Waals surface area contributed by atoms with E-state index in [4.69, 9.17) is 19.6 Å². The second-order valence-electron chi connectivity index (χ2n) is 1.06. The maximum Gasteiger partial charge on any atom is 0.478 e. The molecule has 0 radical (unpaired) electrons. The van der Waals surface area contributed by atoms with E-state index < -0.39 is 15.6 Å². The Morgan fingerprint density at radius 1 is 0.889 bits per heavy atom. The number of rotatable bonds is 2. The van der Waals surface area contributed by atoms with Gasteiger partial charge in [-0.3, -0.25) is 0 Å². The summed E-state index contributed by atoms with van der Waals surface area (Å²) in [6.07, 6.45) is 0. The van der Waals surface area contributed by atoms with Gasteiger partial charge in [0, 0.05) is 0 Å². The molecule has 0 rings (SSSR count). The molecule has 0 aromatic heterocycles. The zero-order chi connectivity index (χ0) is 7.71. The van der Waals surface area contributed by atoms with Gasteiger partial charge in [-0.05, 0) is 0 Å². The molecule has 9 heteroatoms. The van der Waals surface area contributed by atoms with E-state index in [1.807, 2.05) is 0 Å². The van der Waals surface area contributed by atoms with Crippen LogP contribution in [0.1, 0.15) is 0 Å². The zero-order valence-electron chi connectivity index (χ0n) is 3.91. The Labute approximate surface area is 49.8 Å². The monoisotopic (exact) mass is 179 g/mol. The van der Waals surface area contributed by atoms with Gasteiger partial charge in [0.2, 0.25) is 0 Å². The van der Waals surface area contributed by atoms with Crippen LogP contribution in [0.5, 0.6) is 0 Å². The molecule has 0 heterocycles. The average Bonchev–Trinajstić information content (AvgIpc) is 1.14. The Bertz CT molecular complexity index is 147. The molecule has 7 nitrogen and oxygen atoms in total. The molecule has 56 valence electrons. The van der Waals surface area contributed by atoms with E-state index in [1.54, 1.807) is 0 Å². The second kappa shape index (κ2) is 2.48. The van der Waals surface area contributed by atoms with Crippen molar-refractivity contribution in [2.45, 2.75) is 0 Å². The maximum absolute atomic E-state index is 9.63. The molecule has 0 aliphatic heterocycles. The Morgan fingerprint density at radius 3 is 1.11 bits per heavy atom. The standard InChI is InChI=1S/H4O7P2/c1-8(2,3)7-9(4,5)6/h(H2,1,2,3)(H2,4,5,6)/i8+1. The van der Waals surface area contributed by atoms with Crippen LogP contribution in [0, 0.1) is 0 Å². The third kappa shape index (κ3) is 8.26. The highest BCUT2D eigenvalue weighted by Crippen LogP contribution is 2.53. The summed E-state index contributed by atoms with van der Waals surface area (Å²) in [6, 6.07) is 0. The summed E-state index contributed by atoms with van der Waals surface area (Å²) in [5.41, 5.74) is 0. The molecule has 0 aromatic rings. The first-order chi connectivity index (χ1) is 3.71. The van der Waals surface area contributed by atoms with Crippen molar-refractivity contribution >= 4 is 15.6 Å². The van der Waals surface area contributed by atoms with E-state index in [9.17, 15) is 9.13 Å². The second-order valence-corrected chi connectivity index (χ2v) is 3.68. The predicted molar refractivity (Wildman–Crippen MR) is 25.2 cm³/mol. The normalized spacial score (nSPS) is 13.8. The zero-order valence-corrected chi connectivity index (χ0v) is 5.70. The van der Waals surface area contributed by atoms with Gasteiger partial charge in [-0.15, -0.1) is 0 Å². The third-order valence-electron chi connectivity index (χ3n) is 0.213. The van der Waals surface area contributed by atoms with E-state index in [0.29, 0.717) is 0 Å². The maximum atomic E-state index is 9.63. The average molecular weight is 179 g/mol. The van der Waals surface area contributed by atoms with Crippen molar-refractivity contribution in [1.29, 1.82) is 0 Å². The van der Waals surface area contributed by atoms with Gasteiger partial charge in [0.05, 0.1) is 0 Å². The van der Waals surface area contributed by atoms with Crippen LogP contribution in [0.3, 0.4) is 0 Å². The van der Waals surface area contributed by atoms with Crippen LogP contribution in [0.4, 0.5) is 0 Å². The SMILES string of the molecule is O=P(O)(O)O[32P](=O)(O)O. The summed E-state index contributed by atoms with van der Waals surface area (Å²) in [6.45, 7) is 0. The predicted octanol–water partition coefficient (Wildman–Crippen LogP) is -0.812. The minimum absolute atomic E-state index is 2.96. The molecule has 0 aliphatic rings. The van der Waals surface area contributed by atoms with Gasteiger partial charge in [-0.25, -0.2) is 9.13 Å². The van der Waals surface area contributed by atoms with Crippen LogP contribution in [0.15, 0.2) is 0 Å². The number of phosphoric acid groups is 2. The molecule has 0 saturated heterocycles. The minimum Gasteiger partial charge on any atom is -0.302 e. The number of hydrogen-bond acceptors (Lipinski definition) is 3. The van der Waals surface area contributed by atoms with Crippen molar-refractivity contribution in [3.63, 3.8) is 0 Å². The molecule has 0 unspecified atom stereocenters. The van der Waals surface area contributed by atoms with Crippen molar-refractivity contribution in [2.24, 2.45) is 0 Å². The molecular weight excluding hydrogens is 175 g/mol. The van der Waals surface area contributed by atoms with Crippen molar-refractivity contribution < 1.29 is 33.0 Å². The highest BCUT2D eigenvalue weighted by molar-refractivity contribution is 7.60. The van der Waals surface area contributed by atoms with Crippen molar-refractivity contribution in [3.8, 4) is 0 Å². The largest absolute Gasteiger partial charge is 0.478 e. The molecule has 0 aromatic carbocycles. The Balaban J connectivity index is 4.07. The fraction of sp³-hybridized carbons (Fsp3) is 0. The van der Waals surface area contributed by atoms with Crippen LogP contribution in [0.2, 0.25) is 0 Å². The Morgan fingerprint density at radius 2 is 1.11 bits per heavy atom. The lowest BCUT2D eigenvalue weighted by molar-refractivity contribution is 0.225. The Hall–Kier alpha value is 0.260. The highest BCUT2D eigenvalue weighted by atomic mass is 32.2. The molecule has 0 fully saturated rings. The van der Waals surface area contributed by atoms with Crippen LogP contribution >= 0.6 is 15.6 Å². The fourth-order valence-corrected chi connectivity index (χ4v) is 1.25. The summed E-state index contributed by atoms with van der Waals surface area (Å²) in [5.74, 6) is 0. The van der Waals surface area contributed by atoms with Gasteiger partial charge in [0.15, 0.2) is 0 Å². The van der Waals surface area contributed by atoms with Crippen LogP contribution in [-0.2, 0) is 13.4 Å². The van der Waals surface area contributed by atoms with Gasteiger partial charge in [0.25, 0.3) is 0 Å². The quantitative estimate of drug-likeness (QED) is 0.408. The molecule has 0 atom stereocenters. The fourth-order valence-electron chi connectivity index (χ4n) is 0.139. The molecule has 9 heavy (non-hydrogen) atoms. The molecule has 0 aliphatic carbocycles. The smallest absolute Gasteiger partial charge is 0.302 e. The first kappa shape index (κ1) is 9.26. The molecule has 0 bridgehead atoms. The first-order valence-corrected chi connectivity index (χ1v) is 4.59. The van der Waals surface area contributed by atoms with E-state index in [0.717, 1.165) is 0 Å².